The molecule has 0 saturated heterocycles. The Labute approximate surface area is 136 Å². The molecule has 0 heterocycles. The molecule has 118 valence electrons. The molecule has 2 aromatic carbocycles. The van der Waals surface area contributed by atoms with E-state index >= 15 is 0 Å². The normalized spacial score (nSPS) is 11.6. The molecule has 0 aromatic heterocycles. The molecule has 0 saturated carbocycles. The minimum absolute atomic E-state index is 0.162. The Balaban J connectivity index is 2.28. The smallest absolute Gasteiger partial charge is 0.254 e. The number of hydrogen-bond donors (Lipinski definition) is 0. The van der Waals surface area contributed by atoms with Gasteiger partial charge >= 0.3 is 0 Å². The minimum atomic E-state index is -0.377. The molecule has 0 aliphatic heterocycles. The maximum Gasteiger partial charge on any atom is 0.254 e. The van der Waals surface area contributed by atoms with Gasteiger partial charge in [-0.25, -0.2) is 4.39 Å². The Morgan fingerprint density at radius 2 is 1.91 bits per heavy atom. The lowest BCUT2D eigenvalue weighted by atomic mass is 10.0. The van der Waals surface area contributed by atoms with Crippen LogP contribution in [0.25, 0.3) is 0 Å². The fourth-order valence-electron chi connectivity index (χ4n) is 2.50. The van der Waals surface area contributed by atoms with E-state index in [1.54, 1.807) is 36.1 Å². The number of nitrogens with zero attached hydrogens (tertiary/aromatic N) is 2. The topological polar surface area (TPSA) is 44.1 Å². The highest BCUT2D eigenvalue weighted by Crippen LogP contribution is 2.23. The van der Waals surface area contributed by atoms with Crippen molar-refractivity contribution < 1.29 is 9.18 Å². The van der Waals surface area contributed by atoms with E-state index in [4.69, 9.17) is 5.26 Å². The molecule has 4 heteroatoms. The number of aryl methyl sites for hydroxylation is 1. The molecule has 0 radical (unpaired) electrons. The first-order valence-electron chi connectivity index (χ1n) is 7.55. The van der Waals surface area contributed by atoms with Crippen molar-refractivity contribution in [3.8, 4) is 6.07 Å². The van der Waals surface area contributed by atoms with E-state index in [9.17, 15) is 9.18 Å². The predicted molar refractivity (Wildman–Crippen MR) is 87.4 cm³/mol. The molecule has 0 spiro atoms. The van der Waals surface area contributed by atoms with Crippen LogP contribution < -0.4 is 0 Å². The monoisotopic (exact) mass is 310 g/mol. The van der Waals surface area contributed by atoms with Crippen molar-refractivity contribution in [1.82, 2.24) is 4.90 Å². The lowest BCUT2D eigenvalue weighted by molar-refractivity contribution is 0.0702. The van der Waals surface area contributed by atoms with E-state index in [-0.39, 0.29) is 17.8 Å². The quantitative estimate of drug-likeness (QED) is 0.848. The third-order valence-corrected chi connectivity index (χ3v) is 4.01. The second kappa shape index (κ2) is 7.06. The molecular weight excluding hydrogens is 291 g/mol. The van der Waals surface area contributed by atoms with E-state index in [1.165, 1.54) is 6.07 Å². The summed E-state index contributed by atoms with van der Waals surface area (Å²) in [6, 6.07) is 13.6. The van der Waals surface area contributed by atoms with Gasteiger partial charge in [-0.15, -0.1) is 0 Å². The predicted octanol–water partition coefficient (Wildman–Crippen LogP) is 4.23. The highest BCUT2D eigenvalue weighted by molar-refractivity contribution is 5.94. The summed E-state index contributed by atoms with van der Waals surface area (Å²) in [5, 5.41) is 8.86. The van der Waals surface area contributed by atoms with Crippen LogP contribution in [0, 0.1) is 24.1 Å². The fraction of sp³-hybridized carbons (Fsp3) is 0.263. The van der Waals surface area contributed by atoms with Gasteiger partial charge in [-0.2, -0.15) is 5.26 Å². The highest BCUT2D eigenvalue weighted by Gasteiger charge is 2.21. The number of rotatable bonds is 4. The van der Waals surface area contributed by atoms with Gasteiger partial charge in [0.15, 0.2) is 0 Å². The van der Waals surface area contributed by atoms with Crippen molar-refractivity contribution >= 4 is 5.91 Å². The Bertz CT molecular complexity index is 747. The summed E-state index contributed by atoms with van der Waals surface area (Å²) in [7, 11) is 0. The molecule has 0 bridgehead atoms. The molecular formula is C19H19FN2O. The summed E-state index contributed by atoms with van der Waals surface area (Å²) in [6.07, 6.45) is 0. The summed E-state index contributed by atoms with van der Waals surface area (Å²) in [5.74, 6) is -0.582. The zero-order chi connectivity index (χ0) is 17.0. The average Bonchev–Trinajstić information content (AvgIpc) is 2.57. The van der Waals surface area contributed by atoms with Gasteiger partial charge in [-0.3, -0.25) is 4.79 Å². The van der Waals surface area contributed by atoms with Crippen LogP contribution in [0.4, 0.5) is 4.39 Å². The van der Waals surface area contributed by atoms with Gasteiger partial charge < -0.3 is 4.90 Å². The van der Waals surface area contributed by atoms with Crippen molar-refractivity contribution in [3.63, 3.8) is 0 Å². The van der Waals surface area contributed by atoms with Crippen LogP contribution >= 0.6 is 0 Å². The molecule has 1 atom stereocenters. The molecule has 0 fully saturated rings. The SMILES string of the molecule is CCN(C(=O)c1ccc(C)c(F)c1)C(C)c1ccc(C#N)cc1. The average molecular weight is 310 g/mol. The summed E-state index contributed by atoms with van der Waals surface area (Å²) < 4.78 is 13.7. The van der Waals surface area contributed by atoms with E-state index in [1.807, 2.05) is 26.0 Å². The zero-order valence-electron chi connectivity index (χ0n) is 13.5. The number of carbonyl (C=O) groups is 1. The van der Waals surface area contributed by atoms with E-state index < -0.39 is 0 Å². The molecule has 2 aromatic rings. The lowest BCUT2D eigenvalue weighted by Gasteiger charge is -2.28. The third kappa shape index (κ3) is 3.57. The largest absolute Gasteiger partial charge is 0.332 e. The standard InChI is InChI=1S/C19H19FN2O/c1-4-22(14(3)16-9-6-15(12-21)7-10-16)19(23)17-8-5-13(2)18(20)11-17/h5-11,14H,4H2,1-3H3. The van der Waals surface area contributed by atoms with Gasteiger partial charge in [-0.1, -0.05) is 18.2 Å². The summed E-state index contributed by atoms with van der Waals surface area (Å²) in [4.78, 5) is 14.4. The summed E-state index contributed by atoms with van der Waals surface area (Å²) in [5.41, 5.74) is 2.38. The number of amides is 1. The van der Waals surface area contributed by atoms with Crippen molar-refractivity contribution in [1.29, 1.82) is 5.26 Å². The molecule has 2 rings (SSSR count). The van der Waals surface area contributed by atoms with Crippen molar-refractivity contribution in [3.05, 3.63) is 70.5 Å². The number of benzene rings is 2. The van der Waals surface area contributed by atoms with Gasteiger partial charge in [0, 0.05) is 12.1 Å². The van der Waals surface area contributed by atoms with Gasteiger partial charge in [0.25, 0.3) is 5.91 Å². The first-order valence-corrected chi connectivity index (χ1v) is 7.55. The Morgan fingerprint density at radius 3 is 2.43 bits per heavy atom. The molecule has 1 unspecified atom stereocenters. The number of hydrogen-bond acceptors (Lipinski definition) is 2. The van der Waals surface area contributed by atoms with Crippen LogP contribution in [0.2, 0.25) is 0 Å². The molecule has 0 N–H and O–H groups in total. The van der Waals surface area contributed by atoms with Crippen LogP contribution in [-0.2, 0) is 0 Å². The molecule has 23 heavy (non-hydrogen) atoms. The van der Waals surface area contributed by atoms with Gasteiger partial charge in [0.2, 0.25) is 0 Å². The highest BCUT2D eigenvalue weighted by atomic mass is 19.1. The van der Waals surface area contributed by atoms with E-state index in [2.05, 4.69) is 6.07 Å². The van der Waals surface area contributed by atoms with Gasteiger partial charge in [0.1, 0.15) is 5.82 Å². The first kappa shape index (κ1) is 16.7. The Kier molecular flexibility index (Phi) is 5.13. The van der Waals surface area contributed by atoms with Gasteiger partial charge in [0.05, 0.1) is 17.7 Å². The van der Waals surface area contributed by atoms with Crippen LogP contribution in [0.15, 0.2) is 42.5 Å². The van der Waals surface area contributed by atoms with Crippen LogP contribution in [-0.4, -0.2) is 17.4 Å². The second-order valence-corrected chi connectivity index (χ2v) is 5.46. The van der Waals surface area contributed by atoms with Crippen molar-refractivity contribution in [2.24, 2.45) is 0 Å². The second-order valence-electron chi connectivity index (χ2n) is 5.46. The van der Waals surface area contributed by atoms with E-state index in [0.717, 1.165) is 5.56 Å². The summed E-state index contributed by atoms with van der Waals surface area (Å²) in [6.45, 7) is 5.99. The number of halogens is 1. The summed E-state index contributed by atoms with van der Waals surface area (Å²) >= 11 is 0. The fourth-order valence-corrected chi connectivity index (χ4v) is 2.50. The van der Waals surface area contributed by atoms with Crippen molar-refractivity contribution in [2.45, 2.75) is 26.8 Å². The molecule has 1 amide bonds. The number of nitriles is 1. The lowest BCUT2D eigenvalue weighted by Crippen LogP contribution is -2.33. The third-order valence-electron chi connectivity index (χ3n) is 4.01. The Hall–Kier alpha value is -2.67. The van der Waals surface area contributed by atoms with Crippen molar-refractivity contribution in [2.75, 3.05) is 6.54 Å². The van der Waals surface area contributed by atoms with E-state index in [0.29, 0.717) is 23.2 Å². The molecule has 0 aliphatic carbocycles. The Morgan fingerprint density at radius 1 is 1.26 bits per heavy atom. The van der Waals surface area contributed by atoms with Crippen LogP contribution in [0.1, 0.15) is 46.9 Å². The van der Waals surface area contributed by atoms with Crippen LogP contribution in [0.3, 0.4) is 0 Å². The zero-order valence-corrected chi connectivity index (χ0v) is 13.5. The maximum atomic E-state index is 13.7. The minimum Gasteiger partial charge on any atom is -0.332 e. The maximum absolute atomic E-state index is 13.7. The molecule has 3 nitrogen and oxygen atoms in total. The first-order chi connectivity index (χ1) is 11.0. The number of carbonyl (C=O) groups excluding carboxylic acids is 1. The van der Waals surface area contributed by atoms with Crippen LogP contribution in [0.5, 0.6) is 0 Å². The molecule has 0 aliphatic rings. The van der Waals surface area contributed by atoms with Gasteiger partial charge in [-0.05, 0) is 56.2 Å².